The molecule has 112 valence electrons. The monoisotopic (exact) mass is 275 g/mol. The summed E-state index contributed by atoms with van der Waals surface area (Å²) in [5, 5.41) is 17.3. The Hall–Kier alpha value is -1.14. The second-order valence-corrected chi connectivity index (χ2v) is 4.32. The molecule has 0 unspecified atom stereocenters. The van der Waals surface area contributed by atoms with Crippen molar-refractivity contribution in [1.29, 1.82) is 0 Å². The molecule has 0 aliphatic carbocycles. The SMILES string of the molecule is CCC(CC)C(=O)N(CCOCCO)CCC(=O)O. The Morgan fingerprint density at radius 3 is 2.26 bits per heavy atom. The Morgan fingerprint density at radius 2 is 1.79 bits per heavy atom. The Balaban J connectivity index is 4.37. The maximum absolute atomic E-state index is 12.2. The molecule has 0 aromatic heterocycles. The van der Waals surface area contributed by atoms with Gasteiger partial charge in [-0.1, -0.05) is 13.8 Å². The molecule has 0 saturated carbocycles. The Kier molecular flexibility index (Phi) is 10.1. The van der Waals surface area contributed by atoms with Crippen molar-refractivity contribution < 1.29 is 24.5 Å². The van der Waals surface area contributed by atoms with Crippen LogP contribution in [0.15, 0.2) is 0 Å². The molecule has 0 aromatic rings. The van der Waals surface area contributed by atoms with Crippen LogP contribution in [0.25, 0.3) is 0 Å². The van der Waals surface area contributed by atoms with Crippen LogP contribution < -0.4 is 0 Å². The highest BCUT2D eigenvalue weighted by Crippen LogP contribution is 2.12. The van der Waals surface area contributed by atoms with Crippen molar-refractivity contribution in [3.8, 4) is 0 Å². The number of aliphatic hydroxyl groups is 1. The van der Waals surface area contributed by atoms with E-state index in [1.165, 1.54) is 0 Å². The van der Waals surface area contributed by atoms with E-state index in [-0.39, 0.29) is 38.0 Å². The van der Waals surface area contributed by atoms with Crippen molar-refractivity contribution in [2.45, 2.75) is 33.1 Å². The van der Waals surface area contributed by atoms with Gasteiger partial charge in [0.15, 0.2) is 0 Å². The average Bonchev–Trinajstić information content (AvgIpc) is 2.38. The molecule has 0 radical (unpaired) electrons. The van der Waals surface area contributed by atoms with Gasteiger partial charge in [0.2, 0.25) is 5.91 Å². The third-order valence-electron chi connectivity index (χ3n) is 2.98. The minimum atomic E-state index is -0.918. The number of rotatable bonds is 11. The summed E-state index contributed by atoms with van der Waals surface area (Å²) in [4.78, 5) is 24.4. The summed E-state index contributed by atoms with van der Waals surface area (Å²) < 4.78 is 5.13. The van der Waals surface area contributed by atoms with E-state index in [2.05, 4.69) is 0 Å². The fourth-order valence-electron chi connectivity index (χ4n) is 1.80. The summed E-state index contributed by atoms with van der Waals surface area (Å²) in [6, 6.07) is 0. The van der Waals surface area contributed by atoms with Crippen LogP contribution in [0.4, 0.5) is 0 Å². The van der Waals surface area contributed by atoms with Gasteiger partial charge in [0.1, 0.15) is 0 Å². The first kappa shape index (κ1) is 17.9. The van der Waals surface area contributed by atoms with Crippen molar-refractivity contribution in [2.24, 2.45) is 5.92 Å². The molecule has 0 aliphatic heterocycles. The molecule has 0 bridgehead atoms. The predicted octanol–water partition coefficient (Wildman–Crippen LogP) is 0.735. The number of carboxylic acids is 1. The zero-order chi connectivity index (χ0) is 14.7. The van der Waals surface area contributed by atoms with Gasteiger partial charge in [0.25, 0.3) is 0 Å². The molecule has 0 rings (SSSR count). The number of ether oxygens (including phenoxy) is 1. The molecule has 2 N–H and O–H groups in total. The van der Waals surface area contributed by atoms with Gasteiger partial charge in [-0.3, -0.25) is 9.59 Å². The van der Waals surface area contributed by atoms with Gasteiger partial charge in [-0.2, -0.15) is 0 Å². The lowest BCUT2D eigenvalue weighted by Gasteiger charge is -2.26. The van der Waals surface area contributed by atoms with E-state index >= 15 is 0 Å². The first-order chi connectivity index (χ1) is 9.06. The second-order valence-electron chi connectivity index (χ2n) is 4.32. The van der Waals surface area contributed by atoms with E-state index in [1.807, 2.05) is 13.8 Å². The predicted molar refractivity (Wildman–Crippen MR) is 70.8 cm³/mol. The Morgan fingerprint density at radius 1 is 1.16 bits per heavy atom. The van der Waals surface area contributed by atoms with Crippen molar-refractivity contribution in [3.63, 3.8) is 0 Å². The molecule has 0 aromatic carbocycles. The molecule has 6 heteroatoms. The molecule has 6 nitrogen and oxygen atoms in total. The number of aliphatic hydroxyl groups excluding tert-OH is 1. The van der Waals surface area contributed by atoms with Gasteiger partial charge in [0.05, 0.1) is 26.2 Å². The average molecular weight is 275 g/mol. The fraction of sp³-hybridized carbons (Fsp3) is 0.846. The molecule has 0 aliphatic rings. The number of nitrogens with zero attached hydrogens (tertiary/aromatic N) is 1. The fourth-order valence-corrected chi connectivity index (χ4v) is 1.80. The molecule has 0 spiro atoms. The number of carboxylic acid groups (broad SMARTS) is 1. The quantitative estimate of drug-likeness (QED) is 0.543. The smallest absolute Gasteiger partial charge is 0.305 e. The Bertz CT molecular complexity index is 266. The zero-order valence-corrected chi connectivity index (χ0v) is 11.8. The van der Waals surface area contributed by atoms with E-state index in [9.17, 15) is 9.59 Å². The number of amides is 1. The largest absolute Gasteiger partial charge is 0.481 e. The number of carbonyl (C=O) groups is 2. The van der Waals surface area contributed by atoms with Gasteiger partial charge >= 0.3 is 5.97 Å². The maximum atomic E-state index is 12.2. The van der Waals surface area contributed by atoms with Crippen molar-refractivity contribution in [3.05, 3.63) is 0 Å². The van der Waals surface area contributed by atoms with Crippen molar-refractivity contribution in [2.75, 3.05) is 32.9 Å². The van der Waals surface area contributed by atoms with Crippen LogP contribution in [0, 0.1) is 5.92 Å². The summed E-state index contributed by atoms with van der Waals surface area (Å²) in [7, 11) is 0. The van der Waals surface area contributed by atoms with E-state index in [0.717, 1.165) is 12.8 Å². The van der Waals surface area contributed by atoms with Gasteiger partial charge in [0, 0.05) is 19.0 Å². The van der Waals surface area contributed by atoms with Crippen molar-refractivity contribution in [1.82, 2.24) is 4.90 Å². The van der Waals surface area contributed by atoms with Crippen LogP contribution in [0.3, 0.4) is 0 Å². The van der Waals surface area contributed by atoms with E-state index in [1.54, 1.807) is 4.90 Å². The molecular weight excluding hydrogens is 250 g/mol. The molecule has 1 amide bonds. The number of carbonyl (C=O) groups excluding carboxylic acids is 1. The first-order valence-corrected chi connectivity index (χ1v) is 6.75. The lowest BCUT2D eigenvalue weighted by atomic mass is 10.0. The van der Waals surface area contributed by atoms with Gasteiger partial charge in [-0.15, -0.1) is 0 Å². The molecular formula is C13H25NO5. The van der Waals surface area contributed by atoms with Crippen LogP contribution in [0.2, 0.25) is 0 Å². The summed E-state index contributed by atoms with van der Waals surface area (Å²) in [5.74, 6) is -0.996. The van der Waals surface area contributed by atoms with Gasteiger partial charge in [-0.25, -0.2) is 0 Å². The second kappa shape index (κ2) is 10.8. The lowest BCUT2D eigenvalue weighted by molar-refractivity contribution is -0.140. The minimum Gasteiger partial charge on any atom is -0.481 e. The molecule has 0 saturated heterocycles. The van der Waals surface area contributed by atoms with Crippen LogP contribution in [0.5, 0.6) is 0 Å². The number of aliphatic carboxylic acids is 1. The van der Waals surface area contributed by atoms with E-state index in [4.69, 9.17) is 14.9 Å². The highest BCUT2D eigenvalue weighted by atomic mass is 16.5. The topological polar surface area (TPSA) is 87.1 Å². The summed E-state index contributed by atoms with van der Waals surface area (Å²) in [6.07, 6.45) is 1.43. The Labute approximate surface area is 114 Å². The maximum Gasteiger partial charge on any atom is 0.305 e. The highest BCUT2D eigenvalue weighted by Gasteiger charge is 2.21. The van der Waals surface area contributed by atoms with Crippen LogP contribution >= 0.6 is 0 Å². The minimum absolute atomic E-state index is 0.0150. The molecule has 0 fully saturated rings. The van der Waals surface area contributed by atoms with Crippen LogP contribution in [-0.2, 0) is 14.3 Å². The molecule has 0 atom stereocenters. The third kappa shape index (κ3) is 7.79. The van der Waals surface area contributed by atoms with Crippen molar-refractivity contribution >= 4 is 11.9 Å². The van der Waals surface area contributed by atoms with Crippen LogP contribution in [-0.4, -0.2) is 59.9 Å². The summed E-state index contributed by atoms with van der Waals surface area (Å²) in [5.41, 5.74) is 0. The van der Waals surface area contributed by atoms with Gasteiger partial charge in [-0.05, 0) is 12.8 Å². The third-order valence-corrected chi connectivity index (χ3v) is 2.98. The highest BCUT2D eigenvalue weighted by molar-refractivity contribution is 5.79. The lowest BCUT2D eigenvalue weighted by Crippen LogP contribution is -2.39. The number of hydrogen-bond donors (Lipinski definition) is 2. The van der Waals surface area contributed by atoms with Crippen LogP contribution in [0.1, 0.15) is 33.1 Å². The van der Waals surface area contributed by atoms with E-state index < -0.39 is 5.97 Å². The summed E-state index contributed by atoms with van der Waals surface area (Å²) >= 11 is 0. The van der Waals surface area contributed by atoms with Gasteiger partial charge < -0.3 is 19.8 Å². The summed E-state index contributed by atoms with van der Waals surface area (Å²) in [6.45, 7) is 4.94. The standard InChI is InChI=1S/C13H25NO5/c1-3-11(4-2)13(18)14(6-5-12(16)17)7-9-19-10-8-15/h11,15H,3-10H2,1-2H3,(H,16,17). The van der Waals surface area contributed by atoms with E-state index in [0.29, 0.717) is 13.2 Å². The number of hydrogen-bond acceptors (Lipinski definition) is 4. The zero-order valence-electron chi connectivity index (χ0n) is 11.8. The normalized spacial score (nSPS) is 10.7. The first-order valence-electron chi connectivity index (χ1n) is 6.75. The molecule has 19 heavy (non-hydrogen) atoms. The molecule has 0 heterocycles.